The average molecular weight is 548 g/mol. The highest BCUT2D eigenvalue weighted by Gasteiger charge is 2.18. The summed E-state index contributed by atoms with van der Waals surface area (Å²) < 4.78 is 17.3. The zero-order valence-corrected chi connectivity index (χ0v) is 25.0. The molecule has 1 unspecified atom stereocenters. The molecule has 0 aromatic heterocycles. The van der Waals surface area contributed by atoms with Gasteiger partial charge in [-0.3, -0.25) is 0 Å². The van der Waals surface area contributed by atoms with Crippen LogP contribution in [0, 0.1) is 0 Å². The predicted molar refractivity (Wildman–Crippen MR) is 160 cm³/mol. The molecule has 0 N–H and O–H groups in total. The van der Waals surface area contributed by atoms with Crippen LogP contribution in [0.4, 0.5) is 0 Å². The fraction of sp³-hybridized carbons (Fsp3) is 0.719. The molecule has 2 rings (SSSR count). The molecule has 0 bridgehead atoms. The van der Waals surface area contributed by atoms with Gasteiger partial charge in [0.1, 0.15) is 12.7 Å². The van der Waals surface area contributed by atoms with E-state index >= 15 is 0 Å². The Morgan fingerprint density at radius 3 is 2.11 bits per heavy atom. The van der Waals surface area contributed by atoms with Crippen LogP contribution in [-0.4, -0.2) is 49.3 Å². The van der Waals surface area contributed by atoms with Crippen LogP contribution >= 0.6 is 11.8 Å². The minimum absolute atomic E-state index is 0.208. The van der Waals surface area contributed by atoms with Crippen LogP contribution < -0.4 is 0 Å². The lowest BCUT2D eigenvalue weighted by Crippen LogP contribution is -2.28. The normalized spacial score (nSPS) is 13.8. The van der Waals surface area contributed by atoms with Gasteiger partial charge in [0.2, 0.25) is 0 Å². The first kappa shape index (κ1) is 32.7. The molecule has 38 heavy (non-hydrogen) atoms. The molecule has 0 saturated carbocycles. The van der Waals surface area contributed by atoms with Gasteiger partial charge in [0.05, 0.1) is 18.0 Å². The van der Waals surface area contributed by atoms with Crippen molar-refractivity contribution in [2.75, 3.05) is 32.3 Å². The quantitative estimate of drug-likeness (QED) is 0.0952. The Balaban J connectivity index is 1.50. The van der Waals surface area contributed by atoms with Crippen molar-refractivity contribution in [2.24, 2.45) is 0 Å². The molecule has 0 fully saturated rings. The molecule has 1 heterocycles. The van der Waals surface area contributed by atoms with Crippen LogP contribution in [-0.2, 0) is 20.8 Å². The number of esters is 1. The Hall–Kier alpha value is -1.50. The predicted octanol–water partition coefficient (Wildman–Crippen LogP) is 8.72. The lowest BCUT2D eigenvalue weighted by Gasteiger charge is -2.19. The molecule has 216 valence electrons. The number of hydrogen-bond acceptors (Lipinski definition) is 6. The second-order valence-electron chi connectivity index (χ2n) is 10.3. The number of carbonyl (C=O) groups excluding carboxylic acids is 1. The van der Waals surface area contributed by atoms with Gasteiger partial charge >= 0.3 is 5.97 Å². The molecule has 0 amide bonds. The molecule has 0 saturated heterocycles. The van der Waals surface area contributed by atoms with Crippen molar-refractivity contribution >= 4 is 17.7 Å². The minimum Gasteiger partial charge on any atom is -0.459 e. The van der Waals surface area contributed by atoms with Gasteiger partial charge < -0.3 is 19.1 Å². The Labute approximate surface area is 237 Å². The van der Waals surface area contributed by atoms with E-state index in [0.717, 1.165) is 24.5 Å². The first-order valence-electron chi connectivity index (χ1n) is 15.2. The van der Waals surface area contributed by atoms with Crippen molar-refractivity contribution < 1.29 is 19.0 Å². The summed E-state index contributed by atoms with van der Waals surface area (Å²) in [5, 5.41) is 2.08. The number of hydrogen-bond donors (Lipinski definition) is 0. The molecule has 1 aliphatic rings. The van der Waals surface area contributed by atoms with Crippen molar-refractivity contribution in [3.63, 3.8) is 0 Å². The van der Waals surface area contributed by atoms with E-state index < -0.39 is 0 Å². The standard InChI is InChI=1S/C32H53NO4S/c1-3-5-6-7-8-9-10-11-12-13-14-15-16-19-23-35-26-30(36-4-2)27-37-32(34)31-21-18-17-20-29(31)25-33-22-24-38-28-33/h17-18,20-22,24,30H,3-16,19,23,25-28H2,1-2H3. The monoisotopic (exact) mass is 547 g/mol. The van der Waals surface area contributed by atoms with Gasteiger partial charge in [0.15, 0.2) is 0 Å². The number of unbranched alkanes of at least 4 members (excludes halogenated alkanes) is 13. The zero-order valence-electron chi connectivity index (χ0n) is 24.2. The van der Waals surface area contributed by atoms with Crippen molar-refractivity contribution in [1.82, 2.24) is 4.90 Å². The van der Waals surface area contributed by atoms with Crippen LogP contribution in [0.3, 0.4) is 0 Å². The van der Waals surface area contributed by atoms with Crippen LogP contribution in [0.2, 0.25) is 0 Å². The largest absolute Gasteiger partial charge is 0.459 e. The van der Waals surface area contributed by atoms with Crippen molar-refractivity contribution in [2.45, 2.75) is 116 Å². The maximum absolute atomic E-state index is 12.8. The topological polar surface area (TPSA) is 48.0 Å². The Kier molecular flexibility index (Phi) is 19.2. The third-order valence-electron chi connectivity index (χ3n) is 6.97. The van der Waals surface area contributed by atoms with Gasteiger partial charge in [-0.1, -0.05) is 109 Å². The Morgan fingerprint density at radius 1 is 0.868 bits per heavy atom. The van der Waals surface area contributed by atoms with Crippen LogP contribution in [0.15, 0.2) is 35.9 Å². The smallest absolute Gasteiger partial charge is 0.338 e. The summed E-state index contributed by atoms with van der Waals surface area (Å²) in [5.74, 6) is 0.611. The van der Waals surface area contributed by atoms with Crippen LogP contribution in [0.25, 0.3) is 0 Å². The van der Waals surface area contributed by atoms with Crippen molar-refractivity contribution in [3.8, 4) is 0 Å². The molecule has 0 radical (unpaired) electrons. The lowest BCUT2D eigenvalue weighted by molar-refractivity contribution is -0.0466. The third kappa shape index (κ3) is 15.2. The lowest BCUT2D eigenvalue weighted by atomic mass is 10.0. The van der Waals surface area contributed by atoms with Crippen LogP contribution in [0.5, 0.6) is 0 Å². The third-order valence-corrected chi connectivity index (χ3v) is 7.76. The highest BCUT2D eigenvalue weighted by Crippen LogP contribution is 2.20. The van der Waals surface area contributed by atoms with Gasteiger partial charge in [-0.2, -0.15) is 0 Å². The maximum Gasteiger partial charge on any atom is 0.338 e. The van der Waals surface area contributed by atoms with Crippen molar-refractivity contribution in [1.29, 1.82) is 0 Å². The summed E-state index contributed by atoms with van der Waals surface area (Å²) in [5.41, 5.74) is 1.60. The van der Waals surface area contributed by atoms with Crippen LogP contribution in [0.1, 0.15) is 120 Å². The minimum atomic E-state index is -0.298. The number of thioether (sulfide) groups is 1. The van der Waals surface area contributed by atoms with E-state index in [1.54, 1.807) is 11.8 Å². The molecular formula is C32H53NO4S. The van der Waals surface area contributed by atoms with Crippen molar-refractivity contribution in [3.05, 3.63) is 47.0 Å². The summed E-state index contributed by atoms with van der Waals surface area (Å²) in [7, 11) is 0. The van der Waals surface area contributed by atoms with Gasteiger partial charge in [-0.05, 0) is 30.4 Å². The summed E-state index contributed by atoms with van der Waals surface area (Å²) in [6, 6.07) is 7.68. The van der Waals surface area contributed by atoms with Gasteiger partial charge in [0, 0.05) is 26.0 Å². The maximum atomic E-state index is 12.8. The van der Waals surface area contributed by atoms with E-state index in [4.69, 9.17) is 14.2 Å². The van der Waals surface area contributed by atoms with E-state index in [2.05, 4.69) is 23.4 Å². The molecule has 0 aliphatic carbocycles. The molecule has 1 aliphatic heterocycles. The fourth-order valence-electron chi connectivity index (χ4n) is 4.73. The zero-order chi connectivity index (χ0) is 27.1. The summed E-state index contributed by atoms with van der Waals surface area (Å²) >= 11 is 1.75. The molecule has 1 aromatic rings. The highest BCUT2D eigenvalue weighted by atomic mass is 32.2. The number of benzene rings is 1. The van der Waals surface area contributed by atoms with E-state index in [-0.39, 0.29) is 18.7 Å². The average Bonchev–Trinajstić information content (AvgIpc) is 3.44. The number of rotatable bonds is 24. The molecule has 1 atom stereocenters. The Morgan fingerprint density at radius 2 is 1.50 bits per heavy atom. The second kappa shape index (κ2) is 22.3. The molecular weight excluding hydrogens is 494 g/mol. The van der Waals surface area contributed by atoms with Gasteiger partial charge in [0.25, 0.3) is 0 Å². The molecule has 0 spiro atoms. The number of carbonyl (C=O) groups is 1. The molecule has 1 aromatic carbocycles. The van der Waals surface area contributed by atoms with E-state index in [9.17, 15) is 4.79 Å². The molecule has 6 heteroatoms. The fourth-order valence-corrected chi connectivity index (χ4v) is 5.44. The van der Waals surface area contributed by atoms with E-state index in [0.29, 0.717) is 25.3 Å². The van der Waals surface area contributed by atoms with Gasteiger partial charge in [-0.25, -0.2) is 4.79 Å². The highest BCUT2D eigenvalue weighted by molar-refractivity contribution is 8.02. The first-order chi connectivity index (χ1) is 18.7. The number of ether oxygens (including phenoxy) is 3. The first-order valence-corrected chi connectivity index (χ1v) is 16.3. The number of nitrogens with zero attached hydrogens (tertiary/aromatic N) is 1. The van der Waals surface area contributed by atoms with E-state index in [1.165, 1.54) is 83.5 Å². The van der Waals surface area contributed by atoms with Gasteiger partial charge in [-0.15, -0.1) is 11.8 Å². The Bertz CT molecular complexity index is 757. The summed E-state index contributed by atoms with van der Waals surface area (Å²) in [6.45, 7) is 6.91. The SMILES string of the molecule is CCCCCCCCCCCCCCCCOCC(COC(=O)c1ccccc1CN1C=CSC1)OCC. The van der Waals surface area contributed by atoms with E-state index in [1.807, 2.05) is 31.2 Å². The second-order valence-corrected chi connectivity index (χ2v) is 11.2. The summed E-state index contributed by atoms with van der Waals surface area (Å²) in [6.07, 6.45) is 20.8. The summed E-state index contributed by atoms with van der Waals surface area (Å²) in [4.78, 5) is 15.0. The molecule has 5 nitrogen and oxygen atoms in total.